The van der Waals surface area contributed by atoms with Gasteiger partial charge in [-0.1, -0.05) is 18.2 Å². The standard InChI is InChI=1S/C15H13F3N4O3/c16-15(17,18)14(13(24)25)6-7-21(9-14)12(23)11-8-19-22(20-11)10-4-2-1-3-5-10/h1-5,8H,6-7,9H2,(H,24,25). The van der Waals surface area contributed by atoms with Crippen LogP contribution in [0.3, 0.4) is 0 Å². The van der Waals surface area contributed by atoms with Crippen LogP contribution in [0.2, 0.25) is 0 Å². The molecule has 1 N–H and O–H groups in total. The molecule has 1 atom stereocenters. The van der Waals surface area contributed by atoms with Crippen LogP contribution in [0.5, 0.6) is 0 Å². The van der Waals surface area contributed by atoms with Gasteiger partial charge in [0.05, 0.1) is 11.9 Å². The second-order valence-electron chi connectivity index (χ2n) is 5.72. The van der Waals surface area contributed by atoms with Crippen LogP contribution in [0.1, 0.15) is 16.9 Å². The number of aliphatic carboxylic acids is 1. The molecule has 2 heterocycles. The lowest BCUT2D eigenvalue weighted by Gasteiger charge is -2.26. The summed E-state index contributed by atoms with van der Waals surface area (Å²) in [5.74, 6) is -2.77. The maximum Gasteiger partial charge on any atom is 0.406 e. The van der Waals surface area contributed by atoms with Crippen LogP contribution >= 0.6 is 0 Å². The molecule has 132 valence electrons. The first kappa shape index (κ1) is 16.9. The van der Waals surface area contributed by atoms with E-state index in [0.717, 1.165) is 11.1 Å². The molecule has 1 aromatic heterocycles. The molecule has 1 amide bonds. The number of carbonyl (C=O) groups is 2. The minimum Gasteiger partial charge on any atom is -0.481 e. The van der Waals surface area contributed by atoms with Crippen LogP contribution in [-0.4, -0.2) is 56.1 Å². The van der Waals surface area contributed by atoms with E-state index in [1.165, 1.54) is 4.80 Å². The molecule has 25 heavy (non-hydrogen) atoms. The molecule has 1 aliphatic rings. The number of para-hydroxylation sites is 1. The Hall–Kier alpha value is -2.91. The topological polar surface area (TPSA) is 88.3 Å². The number of carboxylic acid groups (broad SMARTS) is 1. The number of hydrogen-bond acceptors (Lipinski definition) is 4. The molecule has 10 heteroatoms. The number of amides is 1. The summed E-state index contributed by atoms with van der Waals surface area (Å²) in [6.07, 6.45) is -4.50. The highest BCUT2D eigenvalue weighted by Crippen LogP contribution is 2.45. The van der Waals surface area contributed by atoms with E-state index in [1.807, 2.05) is 0 Å². The molecular formula is C15H13F3N4O3. The number of alkyl halides is 3. The third kappa shape index (κ3) is 2.83. The molecule has 0 radical (unpaired) electrons. The fourth-order valence-corrected chi connectivity index (χ4v) is 2.72. The van der Waals surface area contributed by atoms with Gasteiger partial charge in [-0.3, -0.25) is 9.59 Å². The van der Waals surface area contributed by atoms with Gasteiger partial charge in [0, 0.05) is 13.1 Å². The number of rotatable bonds is 3. The quantitative estimate of drug-likeness (QED) is 0.907. The third-order valence-electron chi connectivity index (χ3n) is 4.21. The number of halogens is 3. The van der Waals surface area contributed by atoms with E-state index in [-0.39, 0.29) is 12.2 Å². The first-order chi connectivity index (χ1) is 11.7. The molecule has 0 spiro atoms. The summed E-state index contributed by atoms with van der Waals surface area (Å²) in [5, 5.41) is 16.9. The maximum atomic E-state index is 13.2. The third-order valence-corrected chi connectivity index (χ3v) is 4.21. The van der Waals surface area contributed by atoms with Gasteiger partial charge in [0.1, 0.15) is 0 Å². The summed E-state index contributed by atoms with van der Waals surface area (Å²) < 4.78 is 39.5. The Morgan fingerprint density at radius 3 is 2.44 bits per heavy atom. The Morgan fingerprint density at radius 2 is 1.88 bits per heavy atom. The molecule has 1 aliphatic heterocycles. The van der Waals surface area contributed by atoms with E-state index < -0.39 is 36.4 Å². The minimum atomic E-state index is -4.95. The second kappa shape index (κ2) is 5.87. The molecule has 1 unspecified atom stereocenters. The van der Waals surface area contributed by atoms with Crippen molar-refractivity contribution in [2.24, 2.45) is 5.41 Å². The zero-order valence-corrected chi connectivity index (χ0v) is 12.8. The summed E-state index contributed by atoms with van der Waals surface area (Å²) >= 11 is 0. The highest BCUT2D eigenvalue weighted by molar-refractivity contribution is 5.93. The van der Waals surface area contributed by atoms with Crippen LogP contribution in [0.15, 0.2) is 36.5 Å². The molecule has 0 saturated carbocycles. The monoisotopic (exact) mass is 354 g/mol. The number of aromatic nitrogens is 3. The summed E-state index contributed by atoms with van der Waals surface area (Å²) in [7, 11) is 0. The van der Waals surface area contributed by atoms with Crippen molar-refractivity contribution in [2.45, 2.75) is 12.6 Å². The van der Waals surface area contributed by atoms with Gasteiger partial charge < -0.3 is 10.0 Å². The Bertz CT molecular complexity index is 806. The number of hydrogen-bond donors (Lipinski definition) is 1. The highest BCUT2D eigenvalue weighted by Gasteiger charge is 2.64. The van der Waals surface area contributed by atoms with E-state index in [1.54, 1.807) is 30.3 Å². The average molecular weight is 354 g/mol. The fraction of sp³-hybridized carbons (Fsp3) is 0.333. The minimum absolute atomic E-state index is 0.146. The Kier molecular flexibility index (Phi) is 3.97. The summed E-state index contributed by atoms with van der Waals surface area (Å²) in [5.41, 5.74) is -2.51. The number of likely N-dealkylation sites (tertiary alicyclic amines) is 1. The van der Waals surface area contributed by atoms with Crippen molar-refractivity contribution >= 4 is 11.9 Å². The van der Waals surface area contributed by atoms with Crippen LogP contribution in [-0.2, 0) is 4.79 Å². The summed E-state index contributed by atoms with van der Waals surface area (Å²) in [6.45, 7) is -1.26. The van der Waals surface area contributed by atoms with E-state index >= 15 is 0 Å². The van der Waals surface area contributed by atoms with Crippen LogP contribution in [0, 0.1) is 5.41 Å². The molecule has 1 fully saturated rings. The Balaban J connectivity index is 1.81. The molecule has 1 aromatic carbocycles. The van der Waals surface area contributed by atoms with Gasteiger partial charge in [-0.2, -0.15) is 23.1 Å². The molecule has 3 rings (SSSR count). The van der Waals surface area contributed by atoms with Crippen molar-refractivity contribution in [3.8, 4) is 5.69 Å². The lowest BCUT2D eigenvalue weighted by molar-refractivity contribution is -0.227. The number of benzene rings is 1. The van der Waals surface area contributed by atoms with Crippen LogP contribution in [0.4, 0.5) is 13.2 Å². The largest absolute Gasteiger partial charge is 0.481 e. The average Bonchev–Trinajstić information content (AvgIpc) is 3.22. The van der Waals surface area contributed by atoms with E-state index in [2.05, 4.69) is 10.2 Å². The molecular weight excluding hydrogens is 341 g/mol. The van der Waals surface area contributed by atoms with Gasteiger partial charge in [-0.05, 0) is 18.6 Å². The SMILES string of the molecule is O=C(c1cnn(-c2ccccc2)n1)N1CCC(C(=O)O)(C(F)(F)F)C1. The summed E-state index contributed by atoms with van der Waals surface area (Å²) in [6, 6.07) is 8.66. The van der Waals surface area contributed by atoms with Crippen molar-refractivity contribution in [2.75, 3.05) is 13.1 Å². The van der Waals surface area contributed by atoms with Gasteiger partial charge in [0.25, 0.3) is 5.91 Å². The van der Waals surface area contributed by atoms with Gasteiger partial charge in [-0.25, -0.2) is 0 Å². The van der Waals surface area contributed by atoms with Crippen molar-refractivity contribution in [1.29, 1.82) is 0 Å². The molecule has 0 aliphatic carbocycles. The lowest BCUT2D eigenvalue weighted by Crippen LogP contribution is -2.47. The first-order valence-corrected chi connectivity index (χ1v) is 7.32. The molecule has 7 nitrogen and oxygen atoms in total. The van der Waals surface area contributed by atoms with Gasteiger partial charge in [0.15, 0.2) is 11.1 Å². The van der Waals surface area contributed by atoms with E-state index in [0.29, 0.717) is 5.69 Å². The van der Waals surface area contributed by atoms with Crippen molar-refractivity contribution < 1.29 is 27.9 Å². The predicted octanol–water partition coefficient (Wildman–Crippen LogP) is 1.75. The Morgan fingerprint density at radius 1 is 1.20 bits per heavy atom. The number of carboxylic acids is 1. The molecule has 0 bridgehead atoms. The van der Waals surface area contributed by atoms with E-state index in [4.69, 9.17) is 5.11 Å². The summed E-state index contributed by atoms with van der Waals surface area (Å²) in [4.78, 5) is 25.6. The number of nitrogens with zero attached hydrogens (tertiary/aromatic N) is 4. The van der Waals surface area contributed by atoms with Crippen molar-refractivity contribution in [3.05, 3.63) is 42.2 Å². The van der Waals surface area contributed by atoms with Gasteiger partial charge >= 0.3 is 12.1 Å². The Labute approximate surface area is 139 Å². The highest BCUT2D eigenvalue weighted by atomic mass is 19.4. The van der Waals surface area contributed by atoms with Gasteiger partial charge in [0.2, 0.25) is 0 Å². The van der Waals surface area contributed by atoms with E-state index in [9.17, 15) is 22.8 Å². The molecule has 1 saturated heterocycles. The normalized spacial score (nSPS) is 20.7. The second-order valence-corrected chi connectivity index (χ2v) is 5.72. The van der Waals surface area contributed by atoms with Crippen molar-refractivity contribution in [3.63, 3.8) is 0 Å². The van der Waals surface area contributed by atoms with Crippen LogP contribution < -0.4 is 0 Å². The molecule has 2 aromatic rings. The fourth-order valence-electron chi connectivity index (χ4n) is 2.72. The zero-order chi connectivity index (χ0) is 18.2. The smallest absolute Gasteiger partial charge is 0.406 e. The van der Waals surface area contributed by atoms with Gasteiger partial charge in [-0.15, -0.1) is 5.10 Å². The van der Waals surface area contributed by atoms with Crippen LogP contribution in [0.25, 0.3) is 5.69 Å². The maximum absolute atomic E-state index is 13.2. The first-order valence-electron chi connectivity index (χ1n) is 7.32. The predicted molar refractivity (Wildman–Crippen MR) is 78.0 cm³/mol. The van der Waals surface area contributed by atoms with Crippen molar-refractivity contribution in [1.82, 2.24) is 19.9 Å². The lowest BCUT2D eigenvalue weighted by atomic mass is 9.86. The number of carbonyl (C=O) groups excluding carboxylic acids is 1. The zero-order valence-electron chi connectivity index (χ0n) is 12.8.